The first-order valence-corrected chi connectivity index (χ1v) is 8.43. The molecule has 0 fully saturated rings. The van der Waals surface area contributed by atoms with E-state index in [0.717, 1.165) is 10.9 Å². The van der Waals surface area contributed by atoms with E-state index < -0.39 is 0 Å². The van der Waals surface area contributed by atoms with Crippen molar-refractivity contribution in [2.24, 2.45) is 0 Å². The van der Waals surface area contributed by atoms with Crippen LogP contribution in [0, 0.1) is 0 Å². The van der Waals surface area contributed by atoms with Crippen LogP contribution in [0.1, 0.15) is 18.1 Å². The van der Waals surface area contributed by atoms with Crippen molar-refractivity contribution < 1.29 is 13.7 Å². The van der Waals surface area contributed by atoms with Crippen molar-refractivity contribution in [2.45, 2.75) is 19.4 Å². The minimum Gasteiger partial charge on any atom is -0.467 e. The first kappa shape index (κ1) is 16.8. The number of aryl methyl sites for hydroxylation is 1. The molecule has 0 saturated carbocycles. The lowest BCUT2D eigenvalue weighted by Crippen LogP contribution is -2.22. The van der Waals surface area contributed by atoms with Crippen molar-refractivity contribution in [1.29, 1.82) is 0 Å². The van der Waals surface area contributed by atoms with Gasteiger partial charge in [-0.25, -0.2) is 0 Å². The molecule has 3 heterocycles. The van der Waals surface area contributed by atoms with Crippen molar-refractivity contribution >= 4 is 16.8 Å². The van der Waals surface area contributed by atoms with E-state index in [-0.39, 0.29) is 30.1 Å². The number of carbonyl (C=O) groups excluding carboxylic acids is 1. The molecule has 136 valence electrons. The number of benzene rings is 1. The molecule has 0 radical (unpaired) electrons. The summed E-state index contributed by atoms with van der Waals surface area (Å²) in [5.74, 6) is 1.02. The number of carbonyl (C=O) groups is 1. The number of para-hydroxylation sites is 1. The van der Waals surface area contributed by atoms with Crippen LogP contribution in [0.15, 0.2) is 62.5 Å². The second-order valence-electron chi connectivity index (χ2n) is 5.97. The predicted molar refractivity (Wildman–Crippen MR) is 96.7 cm³/mol. The number of rotatable bonds is 6. The molecule has 8 nitrogen and oxygen atoms in total. The number of nitrogens with one attached hydrogen (secondary N) is 2. The number of amides is 1. The smallest absolute Gasteiger partial charge is 0.259 e. The van der Waals surface area contributed by atoms with Crippen LogP contribution in [0.3, 0.4) is 0 Å². The highest BCUT2D eigenvalue weighted by Gasteiger charge is 2.14. The zero-order chi connectivity index (χ0) is 18.6. The number of H-pyrrole nitrogens is 1. The topological polar surface area (TPSA) is 114 Å². The maximum atomic E-state index is 12.3. The van der Waals surface area contributed by atoms with Gasteiger partial charge >= 0.3 is 0 Å². The monoisotopic (exact) mass is 364 g/mol. The zero-order valence-electron chi connectivity index (χ0n) is 14.3. The van der Waals surface area contributed by atoms with Gasteiger partial charge in [-0.15, -0.1) is 0 Å². The van der Waals surface area contributed by atoms with E-state index in [9.17, 15) is 9.59 Å². The molecule has 0 aliphatic heterocycles. The van der Waals surface area contributed by atoms with Crippen LogP contribution in [-0.4, -0.2) is 21.0 Å². The Morgan fingerprint density at radius 2 is 2.07 bits per heavy atom. The van der Waals surface area contributed by atoms with E-state index in [1.807, 2.05) is 24.3 Å². The fraction of sp³-hybridized carbons (Fsp3) is 0.158. The Morgan fingerprint density at radius 3 is 2.93 bits per heavy atom. The van der Waals surface area contributed by atoms with Gasteiger partial charge in [-0.1, -0.05) is 23.4 Å². The summed E-state index contributed by atoms with van der Waals surface area (Å²) in [5, 5.41) is 7.48. The average Bonchev–Trinajstić information content (AvgIpc) is 3.36. The molecule has 3 aromatic heterocycles. The zero-order valence-corrected chi connectivity index (χ0v) is 14.3. The van der Waals surface area contributed by atoms with Gasteiger partial charge < -0.3 is 19.2 Å². The van der Waals surface area contributed by atoms with Crippen LogP contribution in [0.4, 0.5) is 0 Å². The van der Waals surface area contributed by atoms with Gasteiger partial charge in [0, 0.05) is 18.4 Å². The quantitative estimate of drug-likeness (QED) is 0.543. The second kappa shape index (κ2) is 7.28. The third-order valence-electron chi connectivity index (χ3n) is 4.07. The standard InChI is InChI=1S/C19H16N4O4/c24-16(20-11-13-5-3-9-26-13)7-8-17-22-18(23-27-17)14-10-12-4-1-2-6-15(12)21-19(14)25/h1-6,9-10H,7-8,11H2,(H,20,24)(H,21,25). The summed E-state index contributed by atoms with van der Waals surface area (Å²) in [6.07, 6.45) is 2.02. The van der Waals surface area contributed by atoms with E-state index in [4.69, 9.17) is 8.94 Å². The molecule has 0 saturated heterocycles. The summed E-state index contributed by atoms with van der Waals surface area (Å²) in [6.45, 7) is 0.327. The molecule has 2 N–H and O–H groups in total. The average molecular weight is 364 g/mol. The molecule has 4 aromatic rings. The van der Waals surface area contributed by atoms with Crippen LogP contribution >= 0.6 is 0 Å². The summed E-state index contributed by atoms with van der Waals surface area (Å²) < 4.78 is 10.3. The molecule has 0 spiro atoms. The number of furan rings is 1. The van der Waals surface area contributed by atoms with E-state index in [2.05, 4.69) is 20.4 Å². The molecular formula is C19H16N4O4. The number of fused-ring (bicyclic) bond motifs is 1. The van der Waals surface area contributed by atoms with Crippen LogP contribution in [0.2, 0.25) is 0 Å². The molecule has 8 heteroatoms. The number of aromatic nitrogens is 3. The van der Waals surface area contributed by atoms with Gasteiger partial charge in [0.15, 0.2) is 0 Å². The maximum Gasteiger partial charge on any atom is 0.259 e. The van der Waals surface area contributed by atoms with Crippen molar-refractivity contribution in [3.8, 4) is 11.4 Å². The maximum absolute atomic E-state index is 12.3. The number of hydrogen-bond donors (Lipinski definition) is 2. The number of nitrogens with zero attached hydrogens (tertiary/aromatic N) is 2. The molecule has 27 heavy (non-hydrogen) atoms. The summed E-state index contributed by atoms with van der Waals surface area (Å²) in [7, 11) is 0. The van der Waals surface area contributed by atoms with Gasteiger partial charge in [0.05, 0.1) is 18.4 Å². The summed E-state index contributed by atoms with van der Waals surface area (Å²) in [5.41, 5.74) is 0.770. The Morgan fingerprint density at radius 1 is 1.19 bits per heavy atom. The Kier molecular flexibility index (Phi) is 4.52. The summed E-state index contributed by atoms with van der Waals surface area (Å²) in [4.78, 5) is 31.2. The highest BCUT2D eigenvalue weighted by atomic mass is 16.5. The molecule has 0 aliphatic rings. The second-order valence-corrected chi connectivity index (χ2v) is 5.97. The first-order chi connectivity index (χ1) is 13.2. The molecule has 1 amide bonds. The largest absolute Gasteiger partial charge is 0.467 e. The highest BCUT2D eigenvalue weighted by molar-refractivity contribution is 5.82. The Bertz CT molecular complexity index is 1130. The van der Waals surface area contributed by atoms with Gasteiger partial charge in [0.1, 0.15) is 5.76 Å². The first-order valence-electron chi connectivity index (χ1n) is 8.43. The highest BCUT2D eigenvalue weighted by Crippen LogP contribution is 2.17. The van der Waals surface area contributed by atoms with Crippen LogP contribution in [0.25, 0.3) is 22.3 Å². The minimum atomic E-state index is -0.294. The third-order valence-corrected chi connectivity index (χ3v) is 4.07. The van der Waals surface area contributed by atoms with Gasteiger partial charge in [0.2, 0.25) is 17.6 Å². The van der Waals surface area contributed by atoms with Gasteiger partial charge in [-0.2, -0.15) is 4.98 Å². The van der Waals surface area contributed by atoms with Crippen molar-refractivity contribution in [3.63, 3.8) is 0 Å². The minimum absolute atomic E-state index is 0.158. The van der Waals surface area contributed by atoms with E-state index in [1.54, 1.807) is 24.5 Å². The van der Waals surface area contributed by atoms with E-state index >= 15 is 0 Å². The van der Waals surface area contributed by atoms with Gasteiger partial charge in [-0.3, -0.25) is 9.59 Å². The Hall–Kier alpha value is -3.68. The summed E-state index contributed by atoms with van der Waals surface area (Å²) in [6, 6.07) is 12.7. The molecule has 0 aliphatic carbocycles. The van der Waals surface area contributed by atoms with Crippen LogP contribution in [-0.2, 0) is 17.8 Å². The fourth-order valence-electron chi connectivity index (χ4n) is 2.69. The SMILES string of the molecule is O=C(CCc1nc(-c2cc3ccccc3[nH]c2=O)no1)NCc1ccco1. The number of hydrogen-bond acceptors (Lipinski definition) is 6. The normalized spacial score (nSPS) is 11.0. The predicted octanol–water partition coefficient (Wildman–Crippen LogP) is 2.42. The lowest BCUT2D eigenvalue weighted by atomic mass is 10.1. The lowest BCUT2D eigenvalue weighted by molar-refractivity contribution is -0.121. The van der Waals surface area contributed by atoms with Crippen molar-refractivity contribution in [2.75, 3.05) is 0 Å². The number of aromatic amines is 1. The van der Waals surface area contributed by atoms with Crippen LogP contribution < -0.4 is 10.9 Å². The van der Waals surface area contributed by atoms with E-state index in [1.165, 1.54) is 0 Å². The molecule has 0 unspecified atom stereocenters. The number of pyridine rings is 1. The molecular weight excluding hydrogens is 348 g/mol. The molecule has 1 aromatic carbocycles. The molecule has 0 atom stereocenters. The lowest BCUT2D eigenvalue weighted by Gasteiger charge is -2.01. The molecule has 0 bridgehead atoms. The van der Waals surface area contributed by atoms with Crippen molar-refractivity contribution in [3.05, 3.63) is 70.7 Å². The Balaban J connectivity index is 1.42. The molecule has 4 rings (SSSR count). The van der Waals surface area contributed by atoms with Gasteiger partial charge in [-0.05, 0) is 29.7 Å². The van der Waals surface area contributed by atoms with Crippen molar-refractivity contribution in [1.82, 2.24) is 20.4 Å². The van der Waals surface area contributed by atoms with Crippen LogP contribution in [0.5, 0.6) is 0 Å². The fourth-order valence-corrected chi connectivity index (χ4v) is 2.69. The summed E-state index contributed by atoms with van der Waals surface area (Å²) >= 11 is 0. The third kappa shape index (κ3) is 3.79. The van der Waals surface area contributed by atoms with Gasteiger partial charge in [0.25, 0.3) is 5.56 Å². The van der Waals surface area contributed by atoms with E-state index in [0.29, 0.717) is 23.8 Å². The Labute approximate surface area is 153 Å².